The average molecular weight is 247 g/mol. The van der Waals surface area contributed by atoms with Gasteiger partial charge in [0.1, 0.15) is 5.75 Å². The van der Waals surface area contributed by atoms with Gasteiger partial charge >= 0.3 is 6.03 Å². The molecule has 7 heteroatoms. The monoisotopic (exact) mass is 247 g/mol. The number of amides is 2. The first-order chi connectivity index (χ1) is 8.69. The van der Waals surface area contributed by atoms with Crippen LogP contribution in [0, 0.1) is 0 Å². The number of methoxy groups -OCH3 is 1. The van der Waals surface area contributed by atoms with Gasteiger partial charge in [-0.25, -0.2) is 4.79 Å². The van der Waals surface area contributed by atoms with Crippen molar-refractivity contribution < 1.29 is 9.53 Å². The number of rotatable bonds is 3. The van der Waals surface area contributed by atoms with Gasteiger partial charge in [-0.3, -0.25) is 10.4 Å². The van der Waals surface area contributed by atoms with Gasteiger partial charge in [0, 0.05) is 11.8 Å². The number of nitrogens with one attached hydrogen (secondary N) is 3. The molecule has 94 valence electrons. The minimum absolute atomic E-state index is 0.357. The van der Waals surface area contributed by atoms with E-state index in [1.807, 2.05) is 0 Å². The summed E-state index contributed by atoms with van der Waals surface area (Å²) in [5, 5.41) is 11.5. The molecule has 0 spiro atoms. The van der Waals surface area contributed by atoms with Crippen LogP contribution >= 0.6 is 0 Å². The summed E-state index contributed by atoms with van der Waals surface area (Å²) in [5.41, 5.74) is 6.56. The number of aromatic nitrogens is 2. The quantitative estimate of drug-likeness (QED) is 0.661. The molecule has 0 fully saturated rings. The third kappa shape index (κ3) is 2.70. The van der Waals surface area contributed by atoms with Gasteiger partial charge in [0.05, 0.1) is 19.0 Å². The van der Waals surface area contributed by atoms with E-state index < -0.39 is 6.03 Å². The second-order valence-corrected chi connectivity index (χ2v) is 3.51. The maximum atomic E-state index is 11.7. The molecular weight excluding hydrogens is 234 g/mol. The summed E-state index contributed by atoms with van der Waals surface area (Å²) in [6.07, 6.45) is 1.42. The molecular formula is C11H13N5O2. The first-order valence-corrected chi connectivity index (χ1v) is 5.20. The molecule has 0 radical (unpaired) electrons. The van der Waals surface area contributed by atoms with E-state index in [-0.39, 0.29) is 0 Å². The molecule has 1 aromatic heterocycles. The SMILES string of the molecule is COc1cccc(NC(=O)Nc2[nH]ncc2N)c1. The largest absolute Gasteiger partial charge is 0.497 e. The number of benzene rings is 1. The number of carbonyl (C=O) groups excluding carboxylic acids is 1. The normalized spacial score (nSPS) is 9.83. The molecule has 0 aliphatic rings. The zero-order chi connectivity index (χ0) is 13.0. The Balaban J connectivity index is 2.01. The van der Waals surface area contributed by atoms with Gasteiger partial charge in [0.2, 0.25) is 0 Å². The molecule has 0 unspecified atom stereocenters. The number of ether oxygens (including phenoxy) is 1. The van der Waals surface area contributed by atoms with Crippen LogP contribution in [0.2, 0.25) is 0 Å². The standard InChI is InChI=1S/C11H13N5O2/c1-18-8-4-2-3-7(5-8)14-11(17)15-10-9(12)6-13-16-10/h2-6H,12H2,1H3,(H3,13,14,15,16,17). The first-order valence-electron chi connectivity index (χ1n) is 5.20. The van der Waals surface area contributed by atoms with Crippen LogP contribution in [0.25, 0.3) is 0 Å². The summed E-state index contributed by atoms with van der Waals surface area (Å²) in [6, 6.07) is 6.60. The molecule has 2 rings (SSSR count). The Morgan fingerprint density at radius 2 is 2.28 bits per heavy atom. The summed E-state index contributed by atoms with van der Waals surface area (Å²) in [7, 11) is 1.56. The maximum absolute atomic E-state index is 11.7. The van der Waals surface area contributed by atoms with Crippen LogP contribution in [0.15, 0.2) is 30.5 Å². The summed E-state index contributed by atoms with van der Waals surface area (Å²) in [5.74, 6) is 1.02. The lowest BCUT2D eigenvalue weighted by molar-refractivity contribution is 0.262. The highest BCUT2D eigenvalue weighted by atomic mass is 16.5. The molecule has 18 heavy (non-hydrogen) atoms. The number of nitrogens with zero attached hydrogens (tertiary/aromatic N) is 1. The lowest BCUT2D eigenvalue weighted by Gasteiger charge is -2.07. The number of anilines is 3. The van der Waals surface area contributed by atoms with Crippen molar-refractivity contribution in [1.29, 1.82) is 0 Å². The number of carbonyl (C=O) groups is 1. The van der Waals surface area contributed by atoms with Crippen molar-refractivity contribution in [3.8, 4) is 5.75 Å². The second-order valence-electron chi connectivity index (χ2n) is 3.51. The molecule has 0 aliphatic carbocycles. The van der Waals surface area contributed by atoms with Gasteiger partial charge in [-0.2, -0.15) is 5.10 Å². The van der Waals surface area contributed by atoms with Crippen LogP contribution < -0.4 is 21.1 Å². The molecule has 1 heterocycles. The second kappa shape index (κ2) is 5.09. The number of H-pyrrole nitrogens is 1. The Morgan fingerprint density at radius 1 is 1.44 bits per heavy atom. The smallest absolute Gasteiger partial charge is 0.324 e. The van der Waals surface area contributed by atoms with Crippen LogP contribution in [0.1, 0.15) is 0 Å². The Kier molecular flexibility index (Phi) is 3.33. The zero-order valence-corrected chi connectivity index (χ0v) is 9.73. The number of aromatic amines is 1. The van der Waals surface area contributed by atoms with Crippen LogP contribution in [-0.4, -0.2) is 23.3 Å². The molecule has 0 aliphatic heterocycles. The number of nitrogen functional groups attached to an aromatic ring is 1. The Morgan fingerprint density at radius 3 is 2.94 bits per heavy atom. The molecule has 2 aromatic rings. The van der Waals surface area contributed by atoms with E-state index >= 15 is 0 Å². The topological polar surface area (TPSA) is 105 Å². The first kappa shape index (κ1) is 11.8. The molecule has 1 aromatic carbocycles. The highest BCUT2D eigenvalue weighted by Gasteiger charge is 2.07. The van der Waals surface area contributed by atoms with E-state index in [1.165, 1.54) is 6.20 Å². The van der Waals surface area contributed by atoms with Crippen molar-refractivity contribution in [2.24, 2.45) is 0 Å². The van der Waals surface area contributed by atoms with E-state index in [2.05, 4.69) is 20.8 Å². The predicted octanol–water partition coefficient (Wildman–Crippen LogP) is 1.64. The third-order valence-corrected chi connectivity index (χ3v) is 2.23. The molecule has 2 amide bonds. The molecule has 0 atom stereocenters. The van der Waals surface area contributed by atoms with Gasteiger partial charge in [-0.15, -0.1) is 0 Å². The van der Waals surface area contributed by atoms with E-state index in [0.29, 0.717) is 22.9 Å². The minimum Gasteiger partial charge on any atom is -0.497 e. The number of nitrogens with two attached hydrogens (primary N) is 1. The predicted molar refractivity (Wildman–Crippen MR) is 68.6 cm³/mol. The molecule has 0 bridgehead atoms. The van der Waals surface area contributed by atoms with Gasteiger partial charge in [0.15, 0.2) is 5.82 Å². The Labute approximate surface area is 103 Å². The molecule has 0 saturated carbocycles. The fourth-order valence-electron chi connectivity index (χ4n) is 1.37. The van der Waals surface area contributed by atoms with Crippen LogP contribution in [0.5, 0.6) is 5.75 Å². The summed E-state index contributed by atoms with van der Waals surface area (Å²) >= 11 is 0. The van der Waals surface area contributed by atoms with Gasteiger partial charge < -0.3 is 15.8 Å². The molecule has 7 nitrogen and oxygen atoms in total. The number of hydrogen-bond acceptors (Lipinski definition) is 4. The lowest BCUT2D eigenvalue weighted by atomic mass is 10.3. The fourth-order valence-corrected chi connectivity index (χ4v) is 1.37. The Hall–Kier alpha value is -2.70. The number of urea groups is 1. The van der Waals surface area contributed by atoms with Crippen molar-refractivity contribution in [3.63, 3.8) is 0 Å². The third-order valence-electron chi connectivity index (χ3n) is 2.23. The van der Waals surface area contributed by atoms with Crippen molar-refractivity contribution in [1.82, 2.24) is 10.2 Å². The highest BCUT2D eigenvalue weighted by molar-refractivity contribution is 6.00. The Bertz CT molecular complexity index is 552. The van der Waals surface area contributed by atoms with E-state index in [1.54, 1.807) is 31.4 Å². The highest BCUT2D eigenvalue weighted by Crippen LogP contribution is 2.17. The van der Waals surface area contributed by atoms with Gasteiger partial charge in [-0.05, 0) is 12.1 Å². The van der Waals surface area contributed by atoms with Crippen molar-refractivity contribution in [3.05, 3.63) is 30.5 Å². The summed E-state index contributed by atoms with van der Waals surface area (Å²) in [6.45, 7) is 0. The van der Waals surface area contributed by atoms with Crippen LogP contribution in [0.3, 0.4) is 0 Å². The zero-order valence-electron chi connectivity index (χ0n) is 9.73. The van der Waals surface area contributed by atoms with E-state index in [4.69, 9.17) is 10.5 Å². The van der Waals surface area contributed by atoms with Gasteiger partial charge in [-0.1, -0.05) is 6.07 Å². The van der Waals surface area contributed by atoms with E-state index in [9.17, 15) is 4.79 Å². The maximum Gasteiger partial charge on any atom is 0.324 e. The molecule has 0 saturated heterocycles. The van der Waals surface area contributed by atoms with Crippen LogP contribution in [0.4, 0.5) is 22.0 Å². The number of hydrogen-bond donors (Lipinski definition) is 4. The average Bonchev–Trinajstić information content (AvgIpc) is 2.75. The minimum atomic E-state index is -0.417. The van der Waals surface area contributed by atoms with Gasteiger partial charge in [0.25, 0.3) is 0 Å². The summed E-state index contributed by atoms with van der Waals surface area (Å²) < 4.78 is 5.05. The van der Waals surface area contributed by atoms with Crippen LogP contribution in [-0.2, 0) is 0 Å². The summed E-state index contributed by atoms with van der Waals surface area (Å²) in [4.78, 5) is 11.7. The lowest BCUT2D eigenvalue weighted by Crippen LogP contribution is -2.20. The van der Waals surface area contributed by atoms with E-state index in [0.717, 1.165) is 0 Å². The fraction of sp³-hybridized carbons (Fsp3) is 0.0909. The molecule has 5 N–H and O–H groups in total. The van der Waals surface area contributed by atoms with Crippen molar-refractivity contribution in [2.45, 2.75) is 0 Å². The van der Waals surface area contributed by atoms with Crippen molar-refractivity contribution in [2.75, 3.05) is 23.5 Å². The van der Waals surface area contributed by atoms with Crippen molar-refractivity contribution >= 4 is 23.2 Å².